The third-order valence-corrected chi connectivity index (χ3v) is 3.78. The first-order valence-electron chi connectivity index (χ1n) is 6.06. The molecule has 0 saturated carbocycles. The number of fused-ring (bicyclic) bond motifs is 1. The van der Waals surface area contributed by atoms with Crippen LogP contribution in [-0.4, -0.2) is 31.9 Å². The van der Waals surface area contributed by atoms with Gasteiger partial charge in [0.05, 0.1) is 6.61 Å². The Labute approximate surface area is 111 Å². The Bertz CT molecular complexity index is 437. The van der Waals surface area contributed by atoms with Crippen molar-refractivity contribution < 1.29 is 9.53 Å². The number of ether oxygens (including phenoxy) is 1. The number of hydrogen-bond acceptors (Lipinski definition) is 4. The van der Waals surface area contributed by atoms with Gasteiger partial charge in [-0.05, 0) is 18.7 Å². The van der Waals surface area contributed by atoms with E-state index in [4.69, 9.17) is 4.74 Å². The Balaban J connectivity index is 2.09. The normalized spacial score (nSPS) is 17.7. The van der Waals surface area contributed by atoms with Crippen LogP contribution in [0, 0.1) is 0 Å². The van der Waals surface area contributed by atoms with Crippen molar-refractivity contribution in [3.05, 3.63) is 23.8 Å². The summed E-state index contributed by atoms with van der Waals surface area (Å²) in [6, 6.07) is 5.91. The van der Waals surface area contributed by atoms with Crippen LogP contribution in [0.4, 0.5) is 5.69 Å². The Hall–Kier alpha value is -1.04. The van der Waals surface area contributed by atoms with Gasteiger partial charge < -0.3 is 15.4 Å². The maximum atomic E-state index is 11.8. The summed E-state index contributed by atoms with van der Waals surface area (Å²) >= 11 is 1.73. The standard InChI is InChI=1S/C13H18N2O2S/c1-3-14-12-10-5-4-9(18-7-6-17-2)8-11(10)15-13(12)16/h4-5,8,12,14H,3,6-7H2,1-2H3,(H,15,16). The number of methoxy groups -OCH3 is 1. The van der Waals surface area contributed by atoms with Crippen LogP contribution in [0.2, 0.25) is 0 Å². The summed E-state index contributed by atoms with van der Waals surface area (Å²) in [7, 11) is 1.70. The molecule has 1 aromatic carbocycles. The molecule has 0 fully saturated rings. The highest BCUT2D eigenvalue weighted by Gasteiger charge is 2.29. The van der Waals surface area contributed by atoms with Crippen LogP contribution in [0.1, 0.15) is 18.5 Å². The molecule has 1 aliphatic heterocycles. The summed E-state index contributed by atoms with van der Waals surface area (Å²) < 4.78 is 5.02. The Morgan fingerprint density at radius 1 is 1.50 bits per heavy atom. The van der Waals surface area contributed by atoms with Crippen molar-refractivity contribution >= 4 is 23.4 Å². The third kappa shape index (κ3) is 2.85. The number of anilines is 1. The number of amides is 1. The minimum absolute atomic E-state index is 0.0332. The van der Waals surface area contributed by atoms with E-state index < -0.39 is 0 Å². The molecule has 0 bridgehead atoms. The molecule has 1 aromatic rings. The van der Waals surface area contributed by atoms with Gasteiger partial charge >= 0.3 is 0 Å². The number of nitrogens with one attached hydrogen (secondary N) is 2. The van der Waals surface area contributed by atoms with Crippen LogP contribution in [0.25, 0.3) is 0 Å². The number of thioether (sulfide) groups is 1. The summed E-state index contributed by atoms with van der Waals surface area (Å²) in [5.74, 6) is 0.950. The Morgan fingerprint density at radius 2 is 2.33 bits per heavy atom. The smallest absolute Gasteiger partial charge is 0.246 e. The summed E-state index contributed by atoms with van der Waals surface area (Å²) in [5.41, 5.74) is 1.96. The zero-order valence-electron chi connectivity index (χ0n) is 10.7. The first kappa shape index (κ1) is 13.4. The number of benzene rings is 1. The second-order valence-electron chi connectivity index (χ2n) is 4.07. The van der Waals surface area contributed by atoms with Gasteiger partial charge in [-0.15, -0.1) is 11.8 Å². The first-order valence-corrected chi connectivity index (χ1v) is 7.04. The van der Waals surface area contributed by atoms with Crippen molar-refractivity contribution in [1.29, 1.82) is 0 Å². The average molecular weight is 266 g/mol. The molecule has 0 radical (unpaired) electrons. The maximum absolute atomic E-state index is 11.8. The molecule has 1 heterocycles. The SMILES string of the molecule is CCNC1C(=O)Nc2cc(SCCOC)ccc21. The first-order chi connectivity index (χ1) is 8.76. The van der Waals surface area contributed by atoms with Gasteiger partial charge in [0.25, 0.3) is 0 Å². The number of rotatable bonds is 6. The summed E-state index contributed by atoms with van der Waals surface area (Å²) in [5, 5.41) is 6.10. The van der Waals surface area contributed by atoms with E-state index in [0.29, 0.717) is 0 Å². The quantitative estimate of drug-likeness (QED) is 0.611. The molecule has 0 aliphatic carbocycles. The molecule has 1 unspecified atom stereocenters. The molecule has 1 aliphatic rings. The average Bonchev–Trinajstić information content (AvgIpc) is 2.66. The van der Waals surface area contributed by atoms with Crippen molar-refractivity contribution in [3.8, 4) is 0 Å². The molecular weight excluding hydrogens is 248 g/mol. The minimum Gasteiger partial charge on any atom is -0.384 e. The molecular formula is C13H18N2O2S. The van der Waals surface area contributed by atoms with Gasteiger partial charge in [-0.1, -0.05) is 13.0 Å². The second kappa shape index (κ2) is 6.22. The van der Waals surface area contributed by atoms with Gasteiger partial charge in [-0.3, -0.25) is 4.79 Å². The van der Waals surface area contributed by atoms with Crippen molar-refractivity contribution in [2.45, 2.75) is 17.9 Å². The number of likely N-dealkylation sites (N-methyl/N-ethyl adjacent to an activating group) is 1. The van der Waals surface area contributed by atoms with Crippen LogP contribution in [0.5, 0.6) is 0 Å². The molecule has 2 rings (SSSR count). The van der Waals surface area contributed by atoms with E-state index in [1.807, 2.05) is 19.1 Å². The second-order valence-corrected chi connectivity index (χ2v) is 5.24. The van der Waals surface area contributed by atoms with Gasteiger partial charge in [-0.2, -0.15) is 0 Å². The molecule has 98 valence electrons. The fraction of sp³-hybridized carbons (Fsp3) is 0.462. The zero-order chi connectivity index (χ0) is 13.0. The van der Waals surface area contributed by atoms with Crippen LogP contribution >= 0.6 is 11.8 Å². The van der Waals surface area contributed by atoms with Gasteiger partial charge in [0.15, 0.2) is 0 Å². The Morgan fingerprint density at radius 3 is 3.06 bits per heavy atom. The van der Waals surface area contributed by atoms with E-state index in [9.17, 15) is 4.79 Å². The molecule has 0 saturated heterocycles. The van der Waals surface area contributed by atoms with E-state index in [0.717, 1.165) is 35.1 Å². The van der Waals surface area contributed by atoms with Gasteiger partial charge in [0, 0.05) is 29.0 Å². The molecule has 4 nitrogen and oxygen atoms in total. The van der Waals surface area contributed by atoms with Crippen molar-refractivity contribution in [1.82, 2.24) is 5.32 Å². The fourth-order valence-electron chi connectivity index (χ4n) is 1.98. The van der Waals surface area contributed by atoms with E-state index in [1.54, 1.807) is 18.9 Å². The van der Waals surface area contributed by atoms with Crippen LogP contribution in [-0.2, 0) is 9.53 Å². The molecule has 0 spiro atoms. The molecule has 5 heteroatoms. The number of carbonyl (C=O) groups excluding carboxylic acids is 1. The summed E-state index contributed by atoms with van der Waals surface area (Å²) in [4.78, 5) is 12.9. The number of carbonyl (C=O) groups is 1. The fourth-order valence-corrected chi connectivity index (χ4v) is 2.83. The lowest BCUT2D eigenvalue weighted by molar-refractivity contribution is -0.117. The zero-order valence-corrected chi connectivity index (χ0v) is 11.5. The molecule has 1 amide bonds. The lowest BCUT2D eigenvalue weighted by atomic mass is 10.1. The van der Waals surface area contributed by atoms with Gasteiger partial charge in [-0.25, -0.2) is 0 Å². The highest BCUT2D eigenvalue weighted by molar-refractivity contribution is 7.99. The van der Waals surface area contributed by atoms with Crippen molar-refractivity contribution in [2.75, 3.05) is 31.3 Å². The lowest BCUT2D eigenvalue weighted by Gasteiger charge is -2.09. The maximum Gasteiger partial charge on any atom is 0.246 e. The van der Waals surface area contributed by atoms with Crippen LogP contribution in [0.15, 0.2) is 23.1 Å². The molecule has 0 aromatic heterocycles. The largest absolute Gasteiger partial charge is 0.384 e. The van der Waals surface area contributed by atoms with Gasteiger partial charge in [0.2, 0.25) is 5.91 Å². The number of hydrogen-bond donors (Lipinski definition) is 2. The molecule has 18 heavy (non-hydrogen) atoms. The monoisotopic (exact) mass is 266 g/mol. The topological polar surface area (TPSA) is 50.4 Å². The van der Waals surface area contributed by atoms with E-state index in [1.165, 1.54) is 0 Å². The Kier molecular flexibility index (Phi) is 4.63. The van der Waals surface area contributed by atoms with E-state index in [-0.39, 0.29) is 11.9 Å². The lowest BCUT2D eigenvalue weighted by Crippen LogP contribution is -2.27. The summed E-state index contributed by atoms with van der Waals surface area (Å²) in [6.07, 6.45) is 0. The predicted octanol–water partition coefficient (Wildman–Crippen LogP) is 2.03. The van der Waals surface area contributed by atoms with Crippen molar-refractivity contribution in [2.24, 2.45) is 0 Å². The van der Waals surface area contributed by atoms with E-state index >= 15 is 0 Å². The highest BCUT2D eigenvalue weighted by atomic mass is 32.2. The summed E-state index contributed by atoms with van der Waals surface area (Å²) in [6.45, 7) is 3.51. The third-order valence-electron chi connectivity index (χ3n) is 2.82. The van der Waals surface area contributed by atoms with Crippen molar-refractivity contribution in [3.63, 3.8) is 0 Å². The van der Waals surface area contributed by atoms with E-state index in [2.05, 4.69) is 16.7 Å². The van der Waals surface area contributed by atoms with Crippen LogP contribution in [0.3, 0.4) is 0 Å². The predicted molar refractivity (Wildman–Crippen MR) is 74.1 cm³/mol. The molecule has 2 N–H and O–H groups in total. The minimum atomic E-state index is -0.206. The highest BCUT2D eigenvalue weighted by Crippen LogP contribution is 2.34. The molecule has 1 atom stereocenters. The van der Waals surface area contributed by atoms with Gasteiger partial charge in [0.1, 0.15) is 6.04 Å². The van der Waals surface area contributed by atoms with Crippen LogP contribution < -0.4 is 10.6 Å².